The smallest absolute Gasteiger partial charge is 0.307 e. The molecule has 0 radical (unpaired) electrons. The summed E-state index contributed by atoms with van der Waals surface area (Å²) in [6.45, 7) is 6.32. The molecule has 0 aliphatic heterocycles. The molecule has 1 heterocycles. The largest absolute Gasteiger partial charge is 0.399 e. The Balaban J connectivity index is 2.48. The van der Waals surface area contributed by atoms with Crippen LogP contribution in [-0.4, -0.2) is 4.57 Å². The van der Waals surface area contributed by atoms with E-state index < -0.39 is 0 Å². The third-order valence-corrected chi connectivity index (χ3v) is 3.18. The lowest BCUT2D eigenvalue weighted by atomic mass is 10.1. The fourth-order valence-corrected chi connectivity index (χ4v) is 2.40. The van der Waals surface area contributed by atoms with Crippen LogP contribution < -0.4 is 10.6 Å². The van der Waals surface area contributed by atoms with Crippen molar-refractivity contribution >= 4 is 17.0 Å². The normalized spacial score (nSPS) is 10.4. The van der Waals surface area contributed by atoms with E-state index in [0.717, 1.165) is 22.5 Å². The second kappa shape index (κ2) is 4.59. The summed E-state index contributed by atoms with van der Waals surface area (Å²) in [7, 11) is 0. The van der Waals surface area contributed by atoms with E-state index in [1.165, 1.54) is 11.3 Å². The van der Waals surface area contributed by atoms with Crippen molar-refractivity contribution in [3.8, 4) is 11.3 Å². The Kier molecular flexibility index (Phi) is 3.15. The highest BCUT2D eigenvalue weighted by molar-refractivity contribution is 7.07. The molecule has 0 spiro atoms. The van der Waals surface area contributed by atoms with Gasteiger partial charge in [0.1, 0.15) is 0 Å². The minimum Gasteiger partial charge on any atom is -0.399 e. The topological polar surface area (TPSA) is 48.0 Å². The molecule has 0 unspecified atom stereocenters. The Hall–Kier alpha value is -1.81. The van der Waals surface area contributed by atoms with E-state index in [1.54, 1.807) is 4.57 Å². The number of hydrogen-bond acceptors (Lipinski definition) is 3. The van der Waals surface area contributed by atoms with Crippen molar-refractivity contribution in [2.24, 2.45) is 0 Å². The first-order valence-electron chi connectivity index (χ1n) is 5.26. The van der Waals surface area contributed by atoms with Crippen molar-refractivity contribution in [3.63, 3.8) is 0 Å². The fraction of sp³-hybridized carbons (Fsp3) is 0.154. The number of nitrogen functional groups attached to an aromatic ring is 1. The monoisotopic (exact) mass is 246 g/mol. The molecule has 0 saturated carbocycles. The van der Waals surface area contributed by atoms with E-state index >= 15 is 0 Å². The van der Waals surface area contributed by atoms with Crippen LogP contribution in [0.25, 0.3) is 11.3 Å². The Morgan fingerprint density at radius 3 is 2.65 bits per heavy atom. The number of nitrogens with zero attached hydrogens (tertiary/aromatic N) is 1. The van der Waals surface area contributed by atoms with Crippen molar-refractivity contribution in [2.45, 2.75) is 13.5 Å². The minimum absolute atomic E-state index is 0.0415. The van der Waals surface area contributed by atoms with Crippen molar-refractivity contribution in [2.75, 3.05) is 5.73 Å². The van der Waals surface area contributed by atoms with Gasteiger partial charge in [0.05, 0.1) is 5.69 Å². The number of thiazole rings is 1. The van der Waals surface area contributed by atoms with Crippen LogP contribution in [0, 0.1) is 0 Å². The van der Waals surface area contributed by atoms with Gasteiger partial charge in [-0.25, -0.2) is 0 Å². The third-order valence-electron chi connectivity index (χ3n) is 2.42. The molecule has 0 amide bonds. The number of hydrogen-bond donors (Lipinski definition) is 1. The quantitative estimate of drug-likeness (QED) is 0.668. The molecule has 2 N–H and O–H groups in total. The van der Waals surface area contributed by atoms with E-state index in [0.29, 0.717) is 6.54 Å². The Bertz CT molecular complexity index is 593. The van der Waals surface area contributed by atoms with E-state index in [4.69, 9.17) is 5.73 Å². The van der Waals surface area contributed by atoms with Crippen LogP contribution in [0.5, 0.6) is 0 Å². The van der Waals surface area contributed by atoms with E-state index in [9.17, 15) is 4.79 Å². The molecule has 2 aromatic rings. The van der Waals surface area contributed by atoms with Gasteiger partial charge in [-0.3, -0.25) is 9.36 Å². The molecule has 0 atom stereocenters. The molecule has 2 rings (SSSR count). The zero-order chi connectivity index (χ0) is 12.4. The van der Waals surface area contributed by atoms with Gasteiger partial charge in [0.15, 0.2) is 0 Å². The average molecular weight is 246 g/mol. The molecular formula is C13H14N2OS. The van der Waals surface area contributed by atoms with Gasteiger partial charge in [0, 0.05) is 17.6 Å². The van der Waals surface area contributed by atoms with Crippen LogP contribution in [0.15, 0.2) is 46.6 Å². The first-order chi connectivity index (χ1) is 8.08. The molecule has 3 nitrogen and oxygen atoms in total. The van der Waals surface area contributed by atoms with Crippen LogP contribution in [0.2, 0.25) is 0 Å². The predicted octanol–water partition coefficient (Wildman–Crippen LogP) is 2.74. The van der Waals surface area contributed by atoms with E-state index in [1.807, 2.05) is 36.6 Å². The maximum Gasteiger partial charge on any atom is 0.307 e. The van der Waals surface area contributed by atoms with Gasteiger partial charge in [0.25, 0.3) is 0 Å². The maximum atomic E-state index is 11.7. The number of anilines is 1. The number of rotatable bonds is 3. The second-order valence-corrected chi connectivity index (χ2v) is 4.87. The first kappa shape index (κ1) is 11.7. The molecule has 0 aliphatic carbocycles. The van der Waals surface area contributed by atoms with Crippen LogP contribution in [0.4, 0.5) is 5.69 Å². The van der Waals surface area contributed by atoms with Crippen LogP contribution in [-0.2, 0) is 6.54 Å². The molecule has 0 bridgehead atoms. The molecule has 0 saturated heterocycles. The van der Waals surface area contributed by atoms with Crippen molar-refractivity contribution in [3.05, 3.63) is 51.5 Å². The summed E-state index contributed by atoms with van der Waals surface area (Å²) >= 11 is 1.21. The Morgan fingerprint density at radius 1 is 1.41 bits per heavy atom. The number of allylic oxidation sites excluding steroid dienone is 1. The fourth-order valence-electron chi connectivity index (χ4n) is 1.63. The predicted molar refractivity (Wildman–Crippen MR) is 73.2 cm³/mol. The van der Waals surface area contributed by atoms with Crippen LogP contribution >= 0.6 is 11.3 Å². The van der Waals surface area contributed by atoms with Crippen molar-refractivity contribution < 1.29 is 0 Å². The number of aromatic nitrogens is 1. The van der Waals surface area contributed by atoms with Gasteiger partial charge >= 0.3 is 4.87 Å². The van der Waals surface area contributed by atoms with Crippen LogP contribution in [0.1, 0.15) is 6.92 Å². The summed E-state index contributed by atoms with van der Waals surface area (Å²) in [5.41, 5.74) is 9.25. The zero-order valence-corrected chi connectivity index (χ0v) is 10.5. The third kappa shape index (κ3) is 2.47. The summed E-state index contributed by atoms with van der Waals surface area (Å²) in [6, 6.07) is 7.52. The Morgan fingerprint density at radius 2 is 2.06 bits per heavy atom. The summed E-state index contributed by atoms with van der Waals surface area (Å²) in [6.07, 6.45) is 0. The molecule has 17 heavy (non-hydrogen) atoms. The average Bonchev–Trinajstić information content (AvgIpc) is 2.61. The highest BCUT2D eigenvalue weighted by Gasteiger charge is 2.08. The van der Waals surface area contributed by atoms with Gasteiger partial charge in [-0.05, 0) is 24.6 Å². The SMILES string of the molecule is C=C(C)Cn1c(-c2ccc(N)cc2)csc1=O. The Labute approximate surface area is 104 Å². The highest BCUT2D eigenvalue weighted by atomic mass is 32.1. The lowest BCUT2D eigenvalue weighted by molar-refractivity contribution is 0.780. The maximum absolute atomic E-state index is 11.7. The lowest BCUT2D eigenvalue weighted by Crippen LogP contribution is -2.14. The van der Waals surface area contributed by atoms with Gasteiger partial charge in [0.2, 0.25) is 0 Å². The van der Waals surface area contributed by atoms with E-state index in [-0.39, 0.29) is 4.87 Å². The molecule has 1 aromatic heterocycles. The van der Waals surface area contributed by atoms with Crippen molar-refractivity contribution in [1.29, 1.82) is 0 Å². The lowest BCUT2D eigenvalue weighted by Gasteiger charge is -2.07. The summed E-state index contributed by atoms with van der Waals surface area (Å²) in [5, 5.41) is 1.87. The summed E-state index contributed by atoms with van der Waals surface area (Å²) < 4.78 is 1.73. The van der Waals surface area contributed by atoms with Crippen LogP contribution in [0.3, 0.4) is 0 Å². The summed E-state index contributed by atoms with van der Waals surface area (Å²) in [4.78, 5) is 11.8. The molecule has 0 fully saturated rings. The summed E-state index contributed by atoms with van der Waals surface area (Å²) in [5.74, 6) is 0. The first-order valence-corrected chi connectivity index (χ1v) is 6.14. The molecule has 88 valence electrons. The van der Waals surface area contributed by atoms with Gasteiger partial charge < -0.3 is 5.73 Å². The second-order valence-electron chi connectivity index (χ2n) is 4.05. The number of benzene rings is 1. The van der Waals surface area contributed by atoms with Gasteiger partial charge in [-0.1, -0.05) is 35.6 Å². The van der Waals surface area contributed by atoms with Gasteiger partial charge in [-0.2, -0.15) is 0 Å². The van der Waals surface area contributed by atoms with E-state index in [2.05, 4.69) is 6.58 Å². The van der Waals surface area contributed by atoms with Crippen molar-refractivity contribution in [1.82, 2.24) is 4.57 Å². The number of nitrogens with two attached hydrogens (primary N) is 1. The minimum atomic E-state index is 0.0415. The molecule has 4 heteroatoms. The van der Waals surface area contributed by atoms with Gasteiger partial charge in [-0.15, -0.1) is 0 Å². The zero-order valence-electron chi connectivity index (χ0n) is 9.64. The highest BCUT2D eigenvalue weighted by Crippen LogP contribution is 2.21. The molecule has 0 aliphatic rings. The molecule has 1 aromatic carbocycles. The molecular weight excluding hydrogens is 232 g/mol. The standard InChI is InChI=1S/C13H14N2OS/c1-9(2)7-15-12(8-17-13(15)16)10-3-5-11(14)6-4-10/h3-6,8H,1,7,14H2,2H3.